The fourth-order valence-corrected chi connectivity index (χ4v) is 3.88. The maximum absolute atomic E-state index is 14.5. The van der Waals surface area contributed by atoms with Gasteiger partial charge in [-0.15, -0.1) is 0 Å². The fourth-order valence-electron chi connectivity index (χ4n) is 3.88. The number of benzene rings is 2. The fraction of sp³-hybridized carbons (Fsp3) is 0. The summed E-state index contributed by atoms with van der Waals surface area (Å²) in [5.74, 6) is -10.7. The number of nitrogens with zero attached hydrogens (tertiary/aromatic N) is 8. The quantitative estimate of drug-likeness (QED) is 0.108. The van der Waals surface area contributed by atoms with E-state index in [1.807, 2.05) is 0 Å². The van der Waals surface area contributed by atoms with E-state index in [-0.39, 0.29) is 50.8 Å². The van der Waals surface area contributed by atoms with Crippen molar-refractivity contribution >= 4 is 16.9 Å². The van der Waals surface area contributed by atoms with Crippen LogP contribution in [0.25, 0.3) is 44.1 Å². The third-order valence-corrected chi connectivity index (χ3v) is 5.47. The lowest BCUT2D eigenvalue weighted by Crippen LogP contribution is -2.04. The normalized spacial score (nSPS) is 12.7. The molecule has 174 valence electrons. The van der Waals surface area contributed by atoms with Crippen molar-refractivity contribution in [3.63, 3.8) is 0 Å². The average molecular weight is 498 g/mol. The second-order valence-corrected chi connectivity index (χ2v) is 7.36. The first-order valence-electron chi connectivity index (χ1n) is 9.84. The Morgan fingerprint density at radius 1 is 0.730 bits per heavy atom. The van der Waals surface area contributed by atoms with Crippen LogP contribution in [0, 0.1) is 69.7 Å². The van der Waals surface area contributed by atoms with Crippen molar-refractivity contribution in [2.75, 3.05) is 0 Å². The van der Waals surface area contributed by atoms with E-state index in [1.54, 1.807) is 18.2 Å². The monoisotopic (exact) mass is 498 g/mol. The van der Waals surface area contributed by atoms with Gasteiger partial charge in [-0.25, -0.2) is 52.0 Å². The van der Waals surface area contributed by atoms with Crippen molar-refractivity contribution in [1.29, 1.82) is 15.8 Å². The zero-order valence-corrected chi connectivity index (χ0v) is 17.7. The van der Waals surface area contributed by atoms with E-state index in [4.69, 9.17) is 6.57 Å². The minimum atomic E-state index is -2.32. The Morgan fingerprint density at radius 3 is 1.78 bits per heavy atom. The molecule has 1 aliphatic carbocycles. The summed E-state index contributed by atoms with van der Waals surface area (Å²) in [6.45, 7) is 7.38. The SMILES string of the molecule is [C-]#[N+]/C(C#N)=C1\c2cc(-c3c(F)c(F)c(F)c(F)c3F)ccc2-c2nc3nc(C#N)c(C#N)nc3nc21. The number of allylic oxidation sites excluding steroid dienone is 1. The van der Waals surface area contributed by atoms with E-state index in [0.29, 0.717) is 0 Å². The molecule has 0 radical (unpaired) electrons. The third kappa shape index (κ3) is 3.16. The van der Waals surface area contributed by atoms with E-state index >= 15 is 0 Å². The summed E-state index contributed by atoms with van der Waals surface area (Å²) in [6.07, 6.45) is 0. The molecule has 2 heterocycles. The van der Waals surface area contributed by atoms with Gasteiger partial charge in [-0.2, -0.15) is 10.5 Å². The highest BCUT2D eigenvalue weighted by Gasteiger charge is 2.33. The summed E-state index contributed by atoms with van der Waals surface area (Å²) in [4.78, 5) is 19.6. The maximum Gasteiger partial charge on any atom is 0.271 e. The molecular formula is C24H3F5N8. The molecule has 0 spiro atoms. The van der Waals surface area contributed by atoms with Crippen molar-refractivity contribution in [2.24, 2.45) is 0 Å². The van der Waals surface area contributed by atoms with Gasteiger partial charge < -0.3 is 0 Å². The molecule has 4 aromatic rings. The van der Waals surface area contributed by atoms with Gasteiger partial charge in [-0.3, -0.25) is 0 Å². The van der Waals surface area contributed by atoms with Crippen molar-refractivity contribution in [1.82, 2.24) is 19.9 Å². The van der Waals surface area contributed by atoms with Crippen LogP contribution >= 0.6 is 0 Å². The van der Waals surface area contributed by atoms with Crippen LogP contribution in [0.5, 0.6) is 0 Å². The highest BCUT2D eigenvalue weighted by atomic mass is 19.2. The van der Waals surface area contributed by atoms with Crippen LogP contribution in [0.2, 0.25) is 0 Å². The zero-order valence-electron chi connectivity index (χ0n) is 17.7. The molecule has 0 unspecified atom stereocenters. The number of rotatable bonds is 1. The van der Waals surface area contributed by atoms with Gasteiger partial charge in [0.25, 0.3) is 5.70 Å². The summed E-state index contributed by atoms with van der Waals surface area (Å²) >= 11 is 0. The molecule has 0 atom stereocenters. The Balaban J connectivity index is 1.85. The second-order valence-electron chi connectivity index (χ2n) is 7.36. The van der Waals surface area contributed by atoms with Crippen LogP contribution in [-0.4, -0.2) is 19.9 Å². The van der Waals surface area contributed by atoms with Gasteiger partial charge in [-0.05, 0) is 17.2 Å². The highest BCUT2D eigenvalue weighted by Crippen LogP contribution is 2.46. The largest absolute Gasteiger partial charge is 0.271 e. The first-order valence-corrected chi connectivity index (χ1v) is 9.84. The zero-order chi connectivity index (χ0) is 26.6. The van der Waals surface area contributed by atoms with Gasteiger partial charge in [0, 0.05) is 11.1 Å². The van der Waals surface area contributed by atoms with Gasteiger partial charge in [0.05, 0.1) is 29.6 Å². The van der Waals surface area contributed by atoms with Crippen LogP contribution in [0.15, 0.2) is 23.9 Å². The number of hydrogen-bond acceptors (Lipinski definition) is 7. The standard InChI is InChI=1S/C24H3F5N8/c1-33-13(7-32)15-10-4-8(14-16(25)18(27)20(29)19(28)17(14)26)2-3-9(10)21-22(15)37-24-23(36-21)34-11(5-30)12(6-31)35-24/h2-4H/b15-13+. The summed E-state index contributed by atoms with van der Waals surface area (Å²) in [5, 5.41) is 28.0. The predicted octanol–water partition coefficient (Wildman–Crippen LogP) is 4.71. The van der Waals surface area contributed by atoms with E-state index in [0.717, 1.165) is 12.1 Å². The Morgan fingerprint density at radius 2 is 1.27 bits per heavy atom. The van der Waals surface area contributed by atoms with Crippen molar-refractivity contribution in [3.8, 4) is 40.6 Å². The van der Waals surface area contributed by atoms with E-state index in [1.165, 1.54) is 6.07 Å². The van der Waals surface area contributed by atoms with E-state index < -0.39 is 45.9 Å². The molecule has 0 saturated carbocycles. The van der Waals surface area contributed by atoms with E-state index in [2.05, 4.69) is 24.8 Å². The summed E-state index contributed by atoms with van der Waals surface area (Å²) < 4.78 is 70.2. The lowest BCUT2D eigenvalue weighted by molar-refractivity contribution is 0.381. The van der Waals surface area contributed by atoms with Crippen LogP contribution in [0.4, 0.5) is 22.0 Å². The van der Waals surface area contributed by atoms with Crippen molar-refractivity contribution < 1.29 is 22.0 Å². The lowest BCUT2D eigenvalue weighted by Gasteiger charge is -2.10. The molecule has 0 amide bonds. The van der Waals surface area contributed by atoms with Crippen LogP contribution in [-0.2, 0) is 0 Å². The Kier molecular flexibility index (Phi) is 5.07. The number of nitriles is 3. The number of hydrogen-bond donors (Lipinski definition) is 0. The summed E-state index contributed by atoms with van der Waals surface area (Å²) in [5.41, 5.74) is -3.09. The molecule has 37 heavy (non-hydrogen) atoms. The maximum atomic E-state index is 14.5. The van der Waals surface area contributed by atoms with Gasteiger partial charge in [0.2, 0.25) is 5.82 Å². The Hall–Kier alpha value is -5.79. The van der Waals surface area contributed by atoms with Crippen molar-refractivity contribution in [3.05, 3.63) is 87.0 Å². The molecule has 2 aromatic heterocycles. The number of aromatic nitrogens is 4. The van der Waals surface area contributed by atoms with Gasteiger partial charge in [-0.1, -0.05) is 12.1 Å². The third-order valence-electron chi connectivity index (χ3n) is 5.47. The molecular weight excluding hydrogens is 495 g/mol. The second kappa shape index (κ2) is 8.16. The van der Waals surface area contributed by atoms with Gasteiger partial charge in [0.1, 0.15) is 12.1 Å². The average Bonchev–Trinajstić information content (AvgIpc) is 3.22. The molecule has 5 rings (SSSR count). The minimum Gasteiger partial charge on any atom is -0.226 e. The molecule has 0 fully saturated rings. The van der Waals surface area contributed by atoms with Crippen LogP contribution in [0.1, 0.15) is 22.6 Å². The number of halogens is 5. The molecule has 13 heteroatoms. The highest BCUT2D eigenvalue weighted by molar-refractivity contribution is 6.03. The van der Waals surface area contributed by atoms with Gasteiger partial charge in [0.15, 0.2) is 46.0 Å². The molecule has 2 aromatic carbocycles. The summed E-state index contributed by atoms with van der Waals surface area (Å²) in [6, 6.07) is 8.44. The minimum absolute atomic E-state index is 0.000288. The van der Waals surface area contributed by atoms with Gasteiger partial charge >= 0.3 is 0 Å². The lowest BCUT2D eigenvalue weighted by atomic mass is 9.96. The molecule has 0 saturated heterocycles. The molecule has 0 N–H and O–H groups in total. The first kappa shape index (κ1) is 23.0. The molecule has 0 bridgehead atoms. The Labute approximate surface area is 202 Å². The molecule has 0 aliphatic heterocycles. The van der Waals surface area contributed by atoms with Crippen molar-refractivity contribution in [2.45, 2.75) is 0 Å². The molecule has 8 nitrogen and oxygen atoms in total. The van der Waals surface area contributed by atoms with E-state index in [9.17, 15) is 37.7 Å². The van der Waals surface area contributed by atoms with Crippen LogP contribution in [0.3, 0.4) is 0 Å². The smallest absolute Gasteiger partial charge is 0.226 e. The number of fused-ring (bicyclic) bond motifs is 4. The van der Waals surface area contributed by atoms with Crippen LogP contribution < -0.4 is 0 Å². The predicted molar refractivity (Wildman–Crippen MR) is 113 cm³/mol. The first-order chi connectivity index (χ1) is 17.7. The Bertz CT molecular complexity index is 1890. The molecule has 1 aliphatic rings. The topological polar surface area (TPSA) is 127 Å². The summed E-state index contributed by atoms with van der Waals surface area (Å²) in [7, 11) is 0.